The van der Waals surface area contributed by atoms with Gasteiger partial charge in [-0.25, -0.2) is 4.79 Å². The molecule has 1 heterocycles. The maximum absolute atomic E-state index is 11.7. The van der Waals surface area contributed by atoms with Gasteiger partial charge < -0.3 is 10.6 Å². The van der Waals surface area contributed by atoms with Crippen LogP contribution in [0.25, 0.3) is 10.4 Å². The van der Waals surface area contributed by atoms with Gasteiger partial charge in [0.05, 0.1) is 11.5 Å². The van der Waals surface area contributed by atoms with Crippen molar-refractivity contribution in [2.45, 2.75) is 39.3 Å². The van der Waals surface area contributed by atoms with Crippen molar-refractivity contribution in [3.05, 3.63) is 10.4 Å². The van der Waals surface area contributed by atoms with E-state index in [1.54, 1.807) is 20.8 Å². The Morgan fingerprint density at radius 3 is 2.76 bits per heavy atom. The van der Waals surface area contributed by atoms with Crippen molar-refractivity contribution in [2.75, 3.05) is 13.1 Å². The van der Waals surface area contributed by atoms with Gasteiger partial charge in [0.25, 0.3) is 0 Å². The molecule has 1 fully saturated rings. The molecule has 0 aliphatic carbocycles. The zero-order chi connectivity index (χ0) is 13.1. The lowest BCUT2D eigenvalue weighted by atomic mass is 9.97. The van der Waals surface area contributed by atoms with Crippen LogP contribution in [0.1, 0.15) is 27.2 Å². The fraction of sp³-hybridized carbons (Fsp3) is 0.900. The molecule has 2 N–H and O–H groups in total. The van der Waals surface area contributed by atoms with Gasteiger partial charge in [-0.1, -0.05) is 5.11 Å². The van der Waals surface area contributed by atoms with Crippen LogP contribution < -0.4 is 5.73 Å². The smallest absolute Gasteiger partial charge is 0.330 e. The summed E-state index contributed by atoms with van der Waals surface area (Å²) in [6.07, 6.45) is 0.640. The Morgan fingerprint density at radius 1 is 1.59 bits per heavy atom. The first kappa shape index (κ1) is 13.8. The van der Waals surface area contributed by atoms with Crippen molar-refractivity contribution in [2.24, 2.45) is 16.3 Å². The van der Waals surface area contributed by atoms with Crippen LogP contribution in [0.5, 0.6) is 0 Å². The Labute approximate surface area is 100 Å². The molecule has 2 atom stereocenters. The van der Waals surface area contributed by atoms with E-state index in [0.29, 0.717) is 19.5 Å². The van der Waals surface area contributed by atoms with Gasteiger partial charge in [0.1, 0.15) is 0 Å². The molecule has 0 aromatic heterocycles. The molecule has 1 saturated heterocycles. The summed E-state index contributed by atoms with van der Waals surface area (Å²) in [5.41, 5.74) is 13.7. The Bertz CT molecular complexity index is 332. The topological polar surface area (TPSA) is 104 Å². The Balaban J connectivity index is 2.57. The number of azide groups is 1. The number of carbonyl (C=O) groups excluding carboxylic acids is 1. The summed E-state index contributed by atoms with van der Waals surface area (Å²) in [6, 6.07) is -0.517. The quantitative estimate of drug-likeness (QED) is 0.445. The zero-order valence-corrected chi connectivity index (χ0v) is 10.5. The predicted octanol–water partition coefficient (Wildman–Crippen LogP) is 1.20. The van der Waals surface area contributed by atoms with Gasteiger partial charge in [0.2, 0.25) is 0 Å². The van der Waals surface area contributed by atoms with Crippen molar-refractivity contribution < 1.29 is 9.63 Å². The molecular formula is C10H19N5O2. The minimum absolute atomic E-state index is 0.171. The maximum atomic E-state index is 11.7. The fourth-order valence-corrected chi connectivity index (χ4v) is 1.45. The van der Waals surface area contributed by atoms with Crippen LogP contribution >= 0.6 is 0 Å². The van der Waals surface area contributed by atoms with E-state index in [1.165, 1.54) is 5.06 Å². The second-order valence-corrected chi connectivity index (χ2v) is 5.24. The first-order valence-electron chi connectivity index (χ1n) is 5.61. The van der Waals surface area contributed by atoms with Crippen LogP contribution in [0.2, 0.25) is 0 Å². The van der Waals surface area contributed by atoms with Gasteiger partial charge in [-0.3, -0.25) is 0 Å². The Kier molecular flexibility index (Phi) is 4.34. The van der Waals surface area contributed by atoms with Crippen molar-refractivity contribution in [3.63, 3.8) is 0 Å². The number of piperidine rings is 1. The van der Waals surface area contributed by atoms with Crippen LogP contribution in [-0.2, 0) is 9.63 Å². The highest BCUT2D eigenvalue weighted by atomic mass is 16.7. The number of hydrogen-bond donors (Lipinski definition) is 1. The summed E-state index contributed by atoms with van der Waals surface area (Å²) in [7, 11) is 0. The molecule has 1 aliphatic heterocycles. The van der Waals surface area contributed by atoms with Crippen molar-refractivity contribution in [1.29, 1.82) is 0 Å². The molecule has 0 bridgehead atoms. The monoisotopic (exact) mass is 241 g/mol. The Morgan fingerprint density at radius 2 is 2.24 bits per heavy atom. The molecule has 0 amide bonds. The fourth-order valence-electron chi connectivity index (χ4n) is 1.45. The molecule has 7 heteroatoms. The second kappa shape index (κ2) is 5.35. The average Bonchev–Trinajstić information content (AvgIpc) is 2.22. The third-order valence-electron chi connectivity index (χ3n) is 2.62. The maximum Gasteiger partial charge on any atom is 0.330 e. The average molecular weight is 241 g/mol. The summed E-state index contributed by atoms with van der Waals surface area (Å²) in [5, 5.41) is 5.13. The third-order valence-corrected chi connectivity index (χ3v) is 2.62. The van der Waals surface area contributed by atoms with E-state index in [2.05, 4.69) is 10.0 Å². The van der Waals surface area contributed by atoms with Crippen LogP contribution in [0, 0.1) is 5.41 Å². The van der Waals surface area contributed by atoms with E-state index in [9.17, 15) is 4.79 Å². The highest BCUT2D eigenvalue weighted by molar-refractivity contribution is 5.75. The number of nitrogens with zero attached hydrogens (tertiary/aromatic N) is 4. The van der Waals surface area contributed by atoms with Crippen LogP contribution in [-0.4, -0.2) is 36.2 Å². The molecule has 7 nitrogen and oxygen atoms in total. The summed E-state index contributed by atoms with van der Waals surface area (Å²) in [6.45, 7) is 6.29. The van der Waals surface area contributed by atoms with Crippen molar-refractivity contribution in [3.8, 4) is 0 Å². The molecule has 17 heavy (non-hydrogen) atoms. The van der Waals surface area contributed by atoms with Gasteiger partial charge in [0.15, 0.2) is 0 Å². The highest BCUT2D eigenvalue weighted by Crippen LogP contribution is 2.19. The molecule has 0 aromatic rings. The van der Waals surface area contributed by atoms with Crippen LogP contribution in [0.4, 0.5) is 0 Å². The number of carbonyl (C=O) groups is 1. The predicted molar refractivity (Wildman–Crippen MR) is 62.6 cm³/mol. The van der Waals surface area contributed by atoms with Crippen molar-refractivity contribution in [1.82, 2.24) is 5.06 Å². The molecule has 2 unspecified atom stereocenters. The molecule has 0 radical (unpaired) electrons. The lowest BCUT2D eigenvalue weighted by molar-refractivity contribution is -0.205. The summed E-state index contributed by atoms with van der Waals surface area (Å²) < 4.78 is 0. The van der Waals surface area contributed by atoms with Gasteiger partial charge in [-0.2, -0.15) is 0 Å². The van der Waals surface area contributed by atoms with Gasteiger partial charge >= 0.3 is 5.97 Å². The zero-order valence-electron chi connectivity index (χ0n) is 10.5. The lowest BCUT2D eigenvalue weighted by Gasteiger charge is -2.34. The number of hydrogen-bond acceptors (Lipinski definition) is 5. The van der Waals surface area contributed by atoms with Gasteiger partial charge in [0, 0.05) is 24.0 Å². The number of hydroxylamine groups is 2. The lowest BCUT2D eigenvalue weighted by Crippen LogP contribution is -2.50. The summed E-state index contributed by atoms with van der Waals surface area (Å²) >= 11 is 0. The molecule has 0 spiro atoms. The summed E-state index contributed by atoms with van der Waals surface area (Å²) in [5.74, 6) is -0.298. The molecule has 0 saturated carbocycles. The largest absolute Gasteiger partial charge is 0.367 e. The van der Waals surface area contributed by atoms with E-state index < -0.39 is 5.41 Å². The molecule has 0 aromatic carbocycles. The standard InChI is InChI=1S/C10H19N5O2/c1-10(2,3)9(16)17-15-5-4-7(11)8(6-15)13-14-12/h7-8H,4-6,11H2,1-3H3. The van der Waals surface area contributed by atoms with E-state index >= 15 is 0 Å². The number of nitrogens with two attached hydrogens (primary N) is 1. The highest BCUT2D eigenvalue weighted by Gasteiger charge is 2.31. The van der Waals surface area contributed by atoms with Crippen LogP contribution in [0.3, 0.4) is 0 Å². The van der Waals surface area contributed by atoms with Crippen LogP contribution in [0.15, 0.2) is 5.11 Å². The minimum atomic E-state index is -0.548. The van der Waals surface area contributed by atoms with E-state index in [1.807, 2.05) is 0 Å². The van der Waals surface area contributed by atoms with E-state index in [4.69, 9.17) is 16.1 Å². The van der Waals surface area contributed by atoms with Gasteiger partial charge in [-0.05, 0) is 32.7 Å². The first-order valence-corrected chi connectivity index (χ1v) is 5.61. The summed E-state index contributed by atoms with van der Waals surface area (Å²) in [4.78, 5) is 19.7. The minimum Gasteiger partial charge on any atom is -0.367 e. The Hall–Kier alpha value is -1.30. The van der Waals surface area contributed by atoms with E-state index in [-0.39, 0.29) is 18.1 Å². The third kappa shape index (κ3) is 3.89. The molecule has 1 rings (SSSR count). The SMILES string of the molecule is CC(C)(C)C(=O)ON1CCC(N)C(N=[N+]=[N-])C1. The molecule has 96 valence electrons. The van der Waals surface area contributed by atoms with Gasteiger partial charge in [-0.15, -0.1) is 5.06 Å². The van der Waals surface area contributed by atoms with Crippen molar-refractivity contribution >= 4 is 5.97 Å². The van der Waals surface area contributed by atoms with E-state index in [0.717, 1.165) is 0 Å². The second-order valence-electron chi connectivity index (χ2n) is 5.24. The normalized spacial score (nSPS) is 26.1. The number of rotatable bonds is 2. The molecule has 1 aliphatic rings. The molecular weight excluding hydrogens is 222 g/mol. The first-order chi connectivity index (χ1) is 7.84.